The normalized spacial score (nSPS) is 28.9. The van der Waals surface area contributed by atoms with E-state index in [0.29, 0.717) is 11.6 Å². The molecular formula is C14H22N2S. The molecule has 1 spiro atoms. The summed E-state index contributed by atoms with van der Waals surface area (Å²) in [5.74, 6) is 0. The molecule has 1 aliphatic carbocycles. The fourth-order valence-electron chi connectivity index (χ4n) is 3.31. The number of piperazine rings is 1. The quantitative estimate of drug-likeness (QED) is 0.868. The highest BCUT2D eigenvalue weighted by atomic mass is 32.1. The van der Waals surface area contributed by atoms with Crippen molar-refractivity contribution >= 4 is 11.3 Å². The maximum Gasteiger partial charge on any atom is 0.0309 e. The molecule has 1 atom stereocenters. The Hall–Kier alpha value is -0.380. The van der Waals surface area contributed by atoms with Gasteiger partial charge in [-0.3, -0.25) is 4.90 Å². The minimum Gasteiger partial charge on any atom is -0.308 e. The Bertz CT molecular complexity index is 354. The van der Waals surface area contributed by atoms with Crippen LogP contribution in [0.2, 0.25) is 0 Å². The van der Waals surface area contributed by atoms with E-state index in [2.05, 4.69) is 34.0 Å². The first-order valence-electron chi connectivity index (χ1n) is 6.78. The van der Waals surface area contributed by atoms with Crippen molar-refractivity contribution < 1.29 is 0 Å². The van der Waals surface area contributed by atoms with Crippen molar-refractivity contribution in [2.24, 2.45) is 0 Å². The molecule has 0 radical (unpaired) electrons. The van der Waals surface area contributed by atoms with Gasteiger partial charge in [0.05, 0.1) is 0 Å². The first kappa shape index (κ1) is 11.7. The summed E-state index contributed by atoms with van der Waals surface area (Å²) in [5, 5.41) is 8.29. The zero-order valence-corrected chi connectivity index (χ0v) is 11.4. The van der Waals surface area contributed by atoms with Crippen molar-refractivity contribution in [2.45, 2.75) is 50.7 Å². The van der Waals surface area contributed by atoms with Crippen LogP contribution in [0.5, 0.6) is 0 Å². The Kier molecular flexibility index (Phi) is 3.24. The summed E-state index contributed by atoms with van der Waals surface area (Å²) in [4.78, 5) is 2.67. The fraction of sp³-hybridized carbons (Fsp3) is 0.714. The molecule has 94 valence electrons. The van der Waals surface area contributed by atoms with Crippen LogP contribution in [-0.4, -0.2) is 29.6 Å². The lowest BCUT2D eigenvalue weighted by atomic mass is 9.92. The first-order chi connectivity index (χ1) is 8.27. The zero-order valence-electron chi connectivity index (χ0n) is 10.6. The summed E-state index contributed by atoms with van der Waals surface area (Å²) >= 11 is 1.81. The average molecular weight is 250 g/mol. The molecule has 2 nitrogen and oxygen atoms in total. The maximum absolute atomic E-state index is 3.81. The molecule has 1 aliphatic heterocycles. The molecule has 17 heavy (non-hydrogen) atoms. The van der Waals surface area contributed by atoms with Crippen LogP contribution in [0.4, 0.5) is 0 Å². The molecule has 1 N–H and O–H groups in total. The van der Waals surface area contributed by atoms with Crippen molar-refractivity contribution in [3.05, 3.63) is 22.4 Å². The highest BCUT2D eigenvalue weighted by Crippen LogP contribution is 2.33. The Labute approximate surface area is 108 Å². The van der Waals surface area contributed by atoms with E-state index in [1.807, 2.05) is 11.3 Å². The van der Waals surface area contributed by atoms with Gasteiger partial charge in [0.1, 0.15) is 0 Å². The minimum absolute atomic E-state index is 0.447. The second-order valence-electron chi connectivity index (χ2n) is 5.75. The maximum atomic E-state index is 3.81. The summed E-state index contributed by atoms with van der Waals surface area (Å²) in [6.45, 7) is 5.88. The molecular weight excluding hydrogens is 228 g/mol. The summed E-state index contributed by atoms with van der Waals surface area (Å²) in [7, 11) is 0. The SMILES string of the molecule is CC1CNC2(CCCC2)CN1Cc1ccsc1. The van der Waals surface area contributed by atoms with E-state index >= 15 is 0 Å². The molecule has 1 saturated heterocycles. The van der Waals surface area contributed by atoms with E-state index < -0.39 is 0 Å². The fourth-order valence-corrected chi connectivity index (χ4v) is 3.97. The van der Waals surface area contributed by atoms with Gasteiger partial charge in [0.15, 0.2) is 0 Å². The predicted molar refractivity (Wildman–Crippen MR) is 73.4 cm³/mol. The van der Waals surface area contributed by atoms with Gasteiger partial charge < -0.3 is 5.32 Å². The lowest BCUT2D eigenvalue weighted by Crippen LogP contribution is -2.61. The lowest BCUT2D eigenvalue weighted by Gasteiger charge is -2.45. The van der Waals surface area contributed by atoms with Crippen LogP contribution in [0.1, 0.15) is 38.2 Å². The molecule has 3 heteroatoms. The minimum atomic E-state index is 0.447. The largest absolute Gasteiger partial charge is 0.308 e. The number of nitrogens with one attached hydrogen (secondary N) is 1. The Morgan fingerprint density at radius 2 is 2.29 bits per heavy atom. The van der Waals surface area contributed by atoms with Crippen LogP contribution in [0.25, 0.3) is 0 Å². The van der Waals surface area contributed by atoms with E-state index in [1.54, 1.807) is 0 Å². The molecule has 1 unspecified atom stereocenters. The van der Waals surface area contributed by atoms with Crippen molar-refractivity contribution in [2.75, 3.05) is 13.1 Å². The van der Waals surface area contributed by atoms with Gasteiger partial charge in [-0.25, -0.2) is 0 Å². The molecule has 0 bridgehead atoms. The number of hydrogen-bond acceptors (Lipinski definition) is 3. The molecule has 1 aromatic rings. The molecule has 1 saturated carbocycles. The van der Waals surface area contributed by atoms with Gasteiger partial charge in [-0.2, -0.15) is 11.3 Å². The van der Waals surface area contributed by atoms with Crippen LogP contribution in [0, 0.1) is 0 Å². The third-order valence-electron chi connectivity index (χ3n) is 4.43. The van der Waals surface area contributed by atoms with Crippen LogP contribution >= 0.6 is 11.3 Å². The summed E-state index contributed by atoms with van der Waals surface area (Å²) in [6.07, 6.45) is 5.57. The predicted octanol–water partition coefficient (Wildman–Crippen LogP) is 2.85. The smallest absolute Gasteiger partial charge is 0.0309 e. The monoisotopic (exact) mass is 250 g/mol. The van der Waals surface area contributed by atoms with Gasteiger partial charge in [0.2, 0.25) is 0 Å². The number of hydrogen-bond donors (Lipinski definition) is 1. The zero-order chi connectivity index (χ0) is 11.7. The summed E-state index contributed by atoms with van der Waals surface area (Å²) < 4.78 is 0. The first-order valence-corrected chi connectivity index (χ1v) is 7.72. The van der Waals surface area contributed by atoms with Gasteiger partial charge >= 0.3 is 0 Å². The van der Waals surface area contributed by atoms with Gasteiger partial charge in [-0.15, -0.1) is 0 Å². The molecule has 3 rings (SSSR count). The molecule has 2 heterocycles. The standard InChI is InChI=1S/C14H22N2S/c1-12-8-15-14(5-2-3-6-14)11-16(12)9-13-4-7-17-10-13/h4,7,10,12,15H,2-3,5-6,8-9,11H2,1H3. The van der Waals surface area contributed by atoms with E-state index in [0.717, 1.165) is 13.1 Å². The van der Waals surface area contributed by atoms with Crippen molar-refractivity contribution in [1.29, 1.82) is 0 Å². The average Bonchev–Trinajstić information content (AvgIpc) is 2.96. The van der Waals surface area contributed by atoms with Crippen LogP contribution < -0.4 is 5.32 Å². The third kappa shape index (κ3) is 2.42. The number of thiophene rings is 1. The molecule has 1 aromatic heterocycles. The third-order valence-corrected chi connectivity index (χ3v) is 5.16. The van der Waals surface area contributed by atoms with Crippen LogP contribution in [0.3, 0.4) is 0 Å². The van der Waals surface area contributed by atoms with Gasteiger partial charge in [0.25, 0.3) is 0 Å². The molecule has 0 aromatic carbocycles. The molecule has 0 amide bonds. The van der Waals surface area contributed by atoms with Crippen LogP contribution in [0.15, 0.2) is 16.8 Å². The van der Waals surface area contributed by atoms with E-state index in [-0.39, 0.29) is 0 Å². The lowest BCUT2D eigenvalue weighted by molar-refractivity contribution is 0.0828. The van der Waals surface area contributed by atoms with Gasteiger partial charge in [0, 0.05) is 31.2 Å². The number of rotatable bonds is 2. The summed E-state index contributed by atoms with van der Waals surface area (Å²) in [6, 6.07) is 2.93. The summed E-state index contributed by atoms with van der Waals surface area (Å²) in [5.41, 5.74) is 1.93. The van der Waals surface area contributed by atoms with Gasteiger partial charge in [-0.05, 0) is 42.2 Å². The second kappa shape index (κ2) is 4.71. The highest BCUT2D eigenvalue weighted by molar-refractivity contribution is 7.07. The van der Waals surface area contributed by atoms with Crippen LogP contribution in [-0.2, 0) is 6.54 Å². The molecule has 2 aliphatic rings. The highest BCUT2D eigenvalue weighted by Gasteiger charge is 2.39. The van der Waals surface area contributed by atoms with E-state index in [4.69, 9.17) is 0 Å². The topological polar surface area (TPSA) is 15.3 Å². The number of nitrogens with zero attached hydrogens (tertiary/aromatic N) is 1. The van der Waals surface area contributed by atoms with Crippen molar-refractivity contribution in [3.63, 3.8) is 0 Å². The molecule has 2 fully saturated rings. The van der Waals surface area contributed by atoms with Gasteiger partial charge in [-0.1, -0.05) is 12.8 Å². The van der Waals surface area contributed by atoms with Crippen molar-refractivity contribution in [3.8, 4) is 0 Å². The van der Waals surface area contributed by atoms with E-state index in [9.17, 15) is 0 Å². The van der Waals surface area contributed by atoms with E-state index in [1.165, 1.54) is 37.8 Å². The Morgan fingerprint density at radius 1 is 1.47 bits per heavy atom. The Morgan fingerprint density at radius 3 is 3.00 bits per heavy atom. The van der Waals surface area contributed by atoms with Crippen molar-refractivity contribution in [1.82, 2.24) is 10.2 Å². The Balaban J connectivity index is 1.69. The second-order valence-corrected chi connectivity index (χ2v) is 6.53.